The van der Waals surface area contributed by atoms with Crippen LogP contribution in [0.4, 0.5) is 17.6 Å². The second-order valence-corrected chi connectivity index (χ2v) is 6.92. The summed E-state index contributed by atoms with van der Waals surface area (Å²) >= 11 is 0. The molecule has 1 amide bonds. The molecule has 7 nitrogen and oxygen atoms in total. The van der Waals surface area contributed by atoms with Gasteiger partial charge in [0.15, 0.2) is 5.65 Å². The van der Waals surface area contributed by atoms with Crippen molar-refractivity contribution in [1.29, 1.82) is 0 Å². The number of aliphatic hydroxyl groups is 1. The summed E-state index contributed by atoms with van der Waals surface area (Å²) in [4.78, 5) is 16.4. The molecule has 1 atom stereocenters. The molecule has 11 heteroatoms. The maximum absolute atomic E-state index is 14.1. The van der Waals surface area contributed by atoms with Gasteiger partial charge in [-0.15, -0.1) is 0 Å². The normalized spacial score (nSPS) is 14.0. The molecule has 0 aliphatic carbocycles. The van der Waals surface area contributed by atoms with Crippen molar-refractivity contribution in [2.45, 2.75) is 25.6 Å². The predicted octanol–water partition coefficient (Wildman–Crippen LogP) is 2.81. The molecular formula is C19H18F4N4O3. The Morgan fingerprint density at radius 1 is 1.30 bits per heavy atom. The summed E-state index contributed by atoms with van der Waals surface area (Å²) in [6.45, 7) is 2.22. The quantitative estimate of drug-likeness (QED) is 0.360. The number of rotatable bonds is 6. The first kappa shape index (κ1) is 21.7. The van der Waals surface area contributed by atoms with E-state index in [2.05, 4.69) is 15.4 Å². The van der Waals surface area contributed by atoms with Crippen LogP contribution >= 0.6 is 0 Å². The number of nitrogens with zero attached hydrogens (tertiary/aromatic N) is 3. The zero-order valence-electron chi connectivity index (χ0n) is 16.0. The summed E-state index contributed by atoms with van der Waals surface area (Å²) in [6.07, 6.45) is -0.0754. The fraction of sp³-hybridized carbons (Fsp3) is 0.316. The maximum atomic E-state index is 14.1. The van der Waals surface area contributed by atoms with Crippen LogP contribution in [0.15, 0.2) is 36.8 Å². The lowest BCUT2D eigenvalue weighted by atomic mass is 9.95. The third kappa shape index (κ3) is 4.57. The highest BCUT2D eigenvalue weighted by molar-refractivity contribution is 5.99. The average Bonchev–Trinajstić information content (AvgIpc) is 3.07. The van der Waals surface area contributed by atoms with E-state index in [1.807, 2.05) is 6.92 Å². The minimum Gasteiger partial charge on any atom is -0.383 e. The number of hydrogen-bond donors (Lipinski definition) is 2. The minimum absolute atomic E-state index is 0.208. The Labute approximate surface area is 168 Å². The van der Waals surface area contributed by atoms with E-state index in [4.69, 9.17) is 4.74 Å². The summed E-state index contributed by atoms with van der Waals surface area (Å²) in [5, 5.41) is 16.9. The minimum atomic E-state index is -4.70. The van der Waals surface area contributed by atoms with Gasteiger partial charge in [0, 0.05) is 18.0 Å². The third-order valence-corrected chi connectivity index (χ3v) is 4.32. The van der Waals surface area contributed by atoms with Crippen LogP contribution in [0.25, 0.3) is 5.65 Å². The Balaban J connectivity index is 1.59. The van der Waals surface area contributed by atoms with Crippen molar-refractivity contribution >= 4 is 11.6 Å². The van der Waals surface area contributed by atoms with E-state index in [0.717, 1.165) is 11.6 Å². The highest BCUT2D eigenvalue weighted by atomic mass is 19.4. The topological polar surface area (TPSA) is 88.8 Å². The first-order chi connectivity index (χ1) is 14.0. The molecular weight excluding hydrogens is 408 g/mol. The van der Waals surface area contributed by atoms with E-state index in [1.54, 1.807) is 12.4 Å². The Hall–Kier alpha value is -3.05. The molecule has 160 valence electrons. The molecule has 30 heavy (non-hydrogen) atoms. The van der Waals surface area contributed by atoms with Gasteiger partial charge in [-0.2, -0.15) is 18.3 Å². The number of nitrogens with one attached hydrogen (secondary N) is 1. The van der Waals surface area contributed by atoms with Crippen molar-refractivity contribution < 1.29 is 32.2 Å². The lowest BCUT2D eigenvalue weighted by molar-refractivity contribution is -0.137. The van der Waals surface area contributed by atoms with Gasteiger partial charge in [0.25, 0.3) is 5.91 Å². The number of amides is 1. The highest BCUT2D eigenvalue weighted by Gasteiger charge is 2.34. The van der Waals surface area contributed by atoms with Gasteiger partial charge in [-0.3, -0.25) is 4.79 Å². The van der Waals surface area contributed by atoms with Crippen molar-refractivity contribution in [3.8, 4) is 0 Å². The van der Waals surface area contributed by atoms with E-state index in [0.29, 0.717) is 17.8 Å². The first-order valence-electron chi connectivity index (χ1n) is 8.74. The maximum Gasteiger partial charge on any atom is 0.416 e. The summed E-state index contributed by atoms with van der Waals surface area (Å²) in [5.74, 6) is -1.74. The second-order valence-electron chi connectivity index (χ2n) is 6.92. The fourth-order valence-corrected chi connectivity index (χ4v) is 2.80. The lowest BCUT2D eigenvalue weighted by Gasteiger charge is -2.24. The number of carbonyl (C=O) groups is 1. The largest absolute Gasteiger partial charge is 0.416 e. The molecule has 0 saturated heterocycles. The molecule has 0 radical (unpaired) electrons. The van der Waals surface area contributed by atoms with Gasteiger partial charge in [-0.25, -0.2) is 13.9 Å². The number of fused-ring (bicyclic) bond motifs is 1. The number of carbonyl (C=O) groups excluding carboxylic acids is 1. The average molecular weight is 426 g/mol. The molecule has 2 N–H and O–H groups in total. The van der Waals surface area contributed by atoms with Crippen molar-refractivity contribution in [1.82, 2.24) is 19.9 Å². The van der Waals surface area contributed by atoms with Crippen LogP contribution in [-0.2, 0) is 16.5 Å². The fourth-order valence-electron chi connectivity index (χ4n) is 2.80. The van der Waals surface area contributed by atoms with Gasteiger partial charge in [0.1, 0.15) is 23.7 Å². The Morgan fingerprint density at radius 2 is 2.03 bits per heavy atom. The molecule has 2 heterocycles. The smallest absolute Gasteiger partial charge is 0.383 e. The number of alkyl halides is 3. The van der Waals surface area contributed by atoms with Gasteiger partial charge >= 0.3 is 6.18 Å². The van der Waals surface area contributed by atoms with Crippen molar-refractivity contribution in [3.05, 3.63) is 64.9 Å². The van der Waals surface area contributed by atoms with Crippen LogP contribution in [0.1, 0.15) is 34.0 Å². The number of halogens is 4. The molecule has 0 unspecified atom stereocenters. The summed E-state index contributed by atoms with van der Waals surface area (Å²) < 4.78 is 58.7. The number of ether oxygens (including phenoxy) is 1. The van der Waals surface area contributed by atoms with E-state index >= 15 is 0 Å². The molecule has 0 aliphatic heterocycles. The van der Waals surface area contributed by atoms with Crippen LogP contribution < -0.4 is 5.32 Å². The number of aromatic nitrogens is 3. The number of benzene rings is 1. The first-order valence-corrected chi connectivity index (χ1v) is 8.74. The molecule has 0 fully saturated rings. The summed E-state index contributed by atoms with van der Waals surface area (Å²) in [6, 6.07) is 1.84. The van der Waals surface area contributed by atoms with Gasteiger partial charge in [-0.1, -0.05) is 6.07 Å². The van der Waals surface area contributed by atoms with E-state index in [1.165, 1.54) is 17.6 Å². The third-order valence-electron chi connectivity index (χ3n) is 4.32. The molecule has 3 aromatic rings. The highest BCUT2D eigenvalue weighted by Crippen LogP contribution is 2.32. The molecule has 3 rings (SSSR count). The Kier molecular flexibility index (Phi) is 5.77. The summed E-state index contributed by atoms with van der Waals surface area (Å²) in [5.41, 5.74) is -2.02. The lowest BCUT2D eigenvalue weighted by Crippen LogP contribution is -2.33. The van der Waals surface area contributed by atoms with Gasteiger partial charge in [0.2, 0.25) is 0 Å². The molecule has 1 aromatic carbocycles. The monoisotopic (exact) mass is 426 g/mol. The van der Waals surface area contributed by atoms with E-state index < -0.39 is 35.7 Å². The van der Waals surface area contributed by atoms with Gasteiger partial charge < -0.3 is 15.2 Å². The molecule has 0 saturated carbocycles. The molecule has 0 spiro atoms. The van der Waals surface area contributed by atoms with Gasteiger partial charge in [0.05, 0.1) is 18.4 Å². The zero-order valence-corrected chi connectivity index (χ0v) is 16.0. The van der Waals surface area contributed by atoms with Gasteiger partial charge in [-0.05, 0) is 31.5 Å². The molecule has 2 aromatic heterocycles. The van der Waals surface area contributed by atoms with Crippen LogP contribution in [0, 0.1) is 12.7 Å². The Bertz CT molecular complexity index is 1080. The second kappa shape index (κ2) is 8.00. The Morgan fingerprint density at radius 3 is 2.70 bits per heavy atom. The van der Waals surface area contributed by atoms with Crippen molar-refractivity contribution in [2.75, 3.05) is 13.3 Å². The molecule has 0 aliphatic rings. The van der Waals surface area contributed by atoms with E-state index in [9.17, 15) is 27.5 Å². The number of hydrogen-bond acceptors (Lipinski definition) is 5. The van der Waals surface area contributed by atoms with Crippen molar-refractivity contribution in [2.24, 2.45) is 0 Å². The van der Waals surface area contributed by atoms with Crippen LogP contribution in [-0.4, -0.2) is 38.9 Å². The van der Waals surface area contributed by atoms with E-state index in [-0.39, 0.29) is 17.9 Å². The zero-order chi connectivity index (χ0) is 22.1. The predicted molar refractivity (Wildman–Crippen MR) is 97.0 cm³/mol. The molecule has 0 bridgehead atoms. The summed E-state index contributed by atoms with van der Waals surface area (Å²) in [7, 11) is 0. The SMILES string of the molecule is Cc1cnc2c(C(=O)NCOC[C@](C)(O)c3ccc(C(F)(F)F)cc3F)cnn2c1. The standard InChI is InChI=1S/C19H18F4N4O3/c1-11-6-24-16-13(7-26-27(16)8-11)17(28)25-10-30-9-18(2,29)14-4-3-12(5-15(14)20)19(21,22)23/h3-8,29H,9-10H2,1-2H3,(H,25,28)/t18-/m0/s1. The van der Waals surface area contributed by atoms with Crippen LogP contribution in [0.2, 0.25) is 0 Å². The number of aryl methyl sites for hydroxylation is 1. The van der Waals surface area contributed by atoms with Crippen molar-refractivity contribution in [3.63, 3.8) is 0 Å². The van der Waals surface area contributed by atoms with Crippen LogP contribution in [0.5, 0.6) is 0 Å². The van der Waals surface area contributed by atoms with Crippen LogP contribution in [0.3, 0.4) is 0 Å².